The van der Waals surface area contributed by atoms with Crippen LogP contribution in [0.4, 0.5) is 13.2 Å². The molecule has 1 N–H and O–H groups in total. The SMILES string of the molecule is C.Cl.O=C(O)[C@@H]1CCCN(CC2=Cc3ccc(OCc4ccc(C5CCCC5)c(C(F)(F)F)c4)cc3OC2)C1. The Morgan fingerprint density at radius 1 is 1.08 bits per heavy atom. The molecule has 2 aliphatic heterocycles. The van der Waals surface area contributed by atoms with Crippen LogP contribution < -0.4 is 9.47 Å². The maximum atomic E-state index is 13.8. The fourth-order valence-electron chi connectivity index (χ4n) is 5.76. The number of nitrogens with zero attached hydrogens (tertiary/aromatic N) is 1. The van der Waals surface area contributed by atoms with Gasteiger partial charge in [0.05, 0.1) is 11.5 Å². The summed E-state index contributed by atoms with van der Waals surface area (Å²) in [4.78, 5) is 13.5. The summed E-state index contributed by atoms with van der Waals surface area (Å²) < 4.78 is 53.1. The minimum atomic E-state index is -4.39. The van der Waals surface area contributed by atoms with Gasteiger partial charge >= 0.3 is 12.1 Å². The van der Waals surface area contributed by atoms with E-state index in [4.69, 9.17) is 9.47 Å². The van der Waals surface area contributed by atoms with Crippen LogP contribution in [0.15, 0.2) is 42.0 Å². The number of ether oxygens (including phenoxy) is 2. The van der Waals surface area contributed by atoms with Gasteiger partial charge in [-0.25, -0.2) is 0 Å². The Balaban J connectivity index is 0.00000210. The molecule has 0 amide bonds. The molecule has 1 saturated heterocycles. The van der Waals surface area contributed by atoms with Gasteiger partial charge in [0.25, 0.3) is 0 Å². The maximum absolute atomic E-state index is 13.8. The molecular weight excluding hydrogens is 531 g/mol. The van der Waals surface area contributed by atoms with Crippen molar-refractivity contribution in [2.75, 3.05) is 26.2 Å². The second-order valence-electron chi connectivity index (χ2n) is 10.4. The first-order valence-electron chi connectivity index (χ1n) is 13.0. The van der Waals surface area contributed by atoms with Crippen molar-refractivity contribution < 1.29 is 32.5 Å². The lowest BCUT2D eigenvalue weighted by Gasteiger charge is -2.32. The Morgan fingerprint density at radius 2 is 1.85 bits per heavy atom. The van der Waals surface area contributed by atoms with Crippen LogP contribution in [0.3, 0.4) is 0 Å². The lowest BCUT2D eigenvalue weighted by Crippen LogP contribution is -2.40. The standard InChI is InChI=1S/C29H32F3NO4.CH4.ClH/c30-29(31,32)26-13-19(7-10-25(26)21-4-1-2-5-21)17-36-24-9-8-22-12-20(18-37-27(22)14-24)15-33-11-3-6-23(16-33)28(34)35;;/h7-10,12-14,21,23H,1-6,11,15-18H2,(H,34,35);1H4;1H/t23-;;/m1../s1. The van der Waals surface area contributed by atoms with Gasteiger partial charge < -0.3 is 14.6 Å². The molecule has 0 unspecified atom stereocenters. The van der Waals surface area contributed by atoms with Gasteiger partial charge in [-0.15, -0.1) is 12.4 Å². The summed E-state index contributed by atoms with van der Waals surface area (Å²) in [6.45, 7) is 2.53. The number of carbonyl (C=O) groups is 1. The quantitative estimate of drug-likeness (QED) is 0.374. The highest BCUT2D eigenvalue weighted by atomic mass is 35.5. The van der Waals surface area contributed by atoms with E-state index >= 15 is 0 Å². The normalized spacial score (nSPS) is 19.7. The van der Waals surface area contributed by atoms with Crippen LogP contribution in [0.5, 0.6) is 11.5 Å². The van der Waals surface area contributed by atoms with E-state index in [1.807, 2.05) is 6.07 Å². The Hall–Kier alpha value is -2.71. The maximum Gasteiger partial charge on any atom is 0.416 e. The fourth-order valence-corrected chi connectivity index (χ4v) is 5.76. The minimum absolute atomic E-state index is 0. The lowest BCUT2D eigenvalue weighted by molar-refractivity contribution is -0.143. The molecule has 2 fully saturated rings. The van der Waals surface area contributed by atoms with Crippen molar-refractivity contribution in [2.24, 2.45) is 5.92 Å². The molecular formula is C30H37ClF3NO4. The smallest absolute Gasteiger partial charge is 0.416 e. The summed E-state index contributed by atoms with van der Waals surface area (Å²) in [5, 5.41) is 9.31. The minimum Gasteiger partial charge on any atom is -0.489 e. The van der Waals surface area contributed by atoms with Crippen molar-refractivity contribution in [1.82, 2.24) is 4.90 Å². The molecule has 0 bridgehead atoms. The van der Waals surface area contributed by atoms with Crippen molar-refractivity contribution >= 4 is 24.5 Å². The highest BCUT2D eigenvalue weighted by Gasteiger charge is 2.36. The van der Waals surface area contributed by atoms with Crippen LogP contribution in [-0.2, 0) is 17.6 Å². The number of aliphatic carboxylic acids is 1. The van der Waals surface area contributed by atoms with Crippen LogP contribution in [0.1, 0.15) is 74.1 Å². The first-order chi connectivity index (χ1) is 17.8. The third-order valence-corrected chi connectivity index (χ3v) is 7.66. The molecule has 5 nitrogen and oxygen atoms in total. The highest BCUT2D eigenvalue weighted by Crippen LogP contribution is 2.42. The van der Waals surface area contributed by atoms with E-state index in [0.29, 0.717) is 42.3 Å². The molecule has 2 aromatic carbocycles. The van der Waals surface area contributed by atoms with Gasteiger partial charge in [0.2, 0.25) is 0 Å². The summed E-state index contributed by atoms with van der Waals surface area (Å²) in [7, 11) is 0. The van der Waals surface area contributed by atoms with Crippen molar-refractivity contribution in [2.45, 2.75) is 64.7 Å². The van der Waals surface area contributed by atoms with Gasteiger partial charge in [0.15, 0.2) is 0 Å². The first kappa shape index (κ1) is 30.8. The number of benzene rings is 2. The predicted molar refractivity (Wildman–Crippen MR) is 148 cm³/mol. The van der Waals surface area contributed by atoms with Crippen molar-refractivity contribution in [3.8, 4) is 11.5 Å². The number of hydrogen-bond donors (Lipinski definition) is 1. The van der Waals surface area contributed by atoms with Gasteiger partial charge in [-0.1, -0.05) is 32.4 Å². The molecule has 0 spiro atoms. The molecule has 214 valence electrons. The zero-order chi connectivity index (χ0) is 26.0. The number of carboxylic acids is 1. The molecule has 2 heterocycles. The molecule has 2 aromatic rings. The third-order valence-electron chi connectivity index (χ3n) is 7.66. The van der Waals surface area contributed by atoms with Crippen LogP contribution in [0, 0.1) is 5.92 Å². The summed E-state index contributed by atoms with van der Waals surface area (Å²) >= 11 is 0. The summed E-state index contributed by atoms with van der Waals surface area (Å²) in [5.74, 6) is 0.115. The van der Waals surface area contributed by atoms with Gasteiger partial charge in [0.1, 0.15) is 24.7 Å². The number of hydrogen-bond acceptors (Lipinski definition) is 4. The Morgan fingerprint density at radius 3 is 2.56 bits per heavy atom. The molecule has 1 aliphatic carbocycles. The molecule has 5 rings (SSSR count). The zero-order valence-corrected chi connectivity index (χ0v) is 22.0. The van der Waals surface area contributed by atoms with Crippen molar-refractivity contribution in [1.29, 1.82) is 0 Å². The summed E-state index contributed by atoms with van der Waals surface area (Å²) in [6.07, 6.45) is 2.84. The number of alkyl halides is 3. The van der Waals surface area contributed by atoms with E-state index in [0.717, 1.165) is 56.2 Å². The molecule has 1 saturated carbocycles. The Bertz CT molecular complexity index is 1180. The molecule has 1 atom stereocenters. The first-order valence-corrected chi connectivity index (χ1v) is 13.0. The second kappa shape index (κ2) is 13.1. The topological polar surface area (TPSA) is 59.0 Å². The third kappa shape index (κ3) is 7.48. The largest absolute Gasteiger partial charge is 0.489 e. The Labute approximate surface area is 234 Å². The number of rotatable bonds is 7. The van der Waals surface area contributed by atoms with Gasteiger partial charge in [0, 0.05) is 24.7 Å². The molecule has 3 aliphatic rings. The average Bonchev–Trinajstić information content (AvgIpc) is 3.42. The Kier molecular flexibility index (Phi) is 10.4. The lowest BCUT2D eigenvalue weighted by atomic mass is 9.91. The van der Waals surface area contributed by atoms with E-state index in [1.54, 1.807) is 24.3 Å². The monoisotopic (exact) mass is 567 g/mol. The van der Waals surface area contributed by atoms with E-state index in [9.17, 15) is 23.1 Å². The molecule has 9 heteroatoms. The van der Waals surface area contributed by atoms with Crippen molar-refractivity contribution in [3.63, 3.8) is 0 Å². The number of halogens is 4. The predicted octanol–water partition coefficient (Wildman–Crippen LogP) is 7.57. The second-order valence-corrected chi connectivity index (χ2v) is 10.4. The van der Waals surface area contributed by atoms with Crippen molar-refractivity contribution in [3.05, 3.63) is 64.2 Å². The highest BCUT2D eigenvalue weighted by molar-refractivity contribution is 5.85. The molecule has 0 radical (unpaired) electrons. The summed E-state index contributed by atoms with van der Waals surface area (Å²) in [5.41, 5.74) is 2.32. The van der Waals surface area contributed by atoms with E-state index in [-0.39, 0.29) is 38.3 Å². The van der Waals surface area contributed by atoms with Crippen LogP contribution in [-0.4, -0.2) is 42.2 Å². The summed E-state index contributed by atoms with van der Waals surface area (Å²) in [6, 6.07) is 10.0. The van der Waals surface area contributed by atoms with Gasteiger partial charge in [-0.3, -0.25) is 9.69 Å². The number of piperidine rings is 1. The van der Waals surface area contributed by atoms with Gasteiger partial charge in [-0.05, 0) is 79.1 Å². The number of likely N-dealkylation sites (tertiary alicyclic amines) is 1. The number of fused-ring (bicyclic) bond motifs is 1. The van der Waals surface area contributed by atoms with Crippen LogP contribution in [0.25, 0.3) is 6.08 Å². The zero-order valence-electron chi connectivity index (χ0n) is 21.1. The molecule has 0 aromatic heterocycles. The fraction of sp³-hybridized carbons (Fsp3) is 0.500. The van der Waals surface area contributed by atoms with E-state index < -0.39 is 17.7 Å². The van der Waals surface area contributed by atoms with E-state index in [1.165, 1.54) is 6.07 Å². The van der Waals surface area contributed by atoms with Crippen LogP contribution >= 0.6 is 12.4 Å². The molecule has 39 heavy (non-hydrogen) atoms. The van der Waals surface area contributed by atoms with E-state index in [2.05, 4.69) is 11.0 Å². The van der Waals surface area contributed by atoms with Gasteiger partial charge in [-0.2, -0.15) is 13.2 Å². The number of carboxylic acid groups (broad SMARTS) is 1. The average molecular weight is 568 g/mol. The van der Waals surface area contributed by atoms with Crippen LogP contribution in [0.2, 0.25) is 0 Å².